The van der Waals surface area contributed by atoms with Gasteiger partial charge in [0.15, 0.2) is 6.10 Å². The molecule has 3 amide bonds. The van der Waals surface area contributed by atoms with Gasteiger partial charge in [0.2, 0.25) is 0 Å². The molecule has 1 aromatic heterocycles. The average Bonchev–Trinajstić information content (AvgIpc) is 3.21. The van der Waals surface area contributed by atoms with Crippen LogP contribution in [0.4, 0.5) is 23.7 Å². The predicted molar refractivity (Wildman–Crippen MR) is 96.8 cm³/mol. The van der Waals surface area contributed by atoms with Gasteiger partial charge in [-0.2, -0.15) is 13.2 Å². The van der Waals surface area contributed by atoms with Crippen LogP contribution in [-0.4, -0.2) is 33.6 Å². The Morgan fingerprint density at radius 1 is 1.30 bits per heavy atom. The molecule has 0 unspecified atom stereocenters. The number of carbonyl (C=O) groups excluding carboxylic acids is 2. The van der Waals surface area contributed by atoms with Gasteiger partial charge < -0.3 is 14.8 Å². The molecular weight excluding hydrogens is 405 g/mol. The van der Waals surface area contributed by atoms with E-state index in [1.165, 1.54) is 30.6 Å². The van der Waals surface area contributed by atoms with Crippen LogP contribution in [-0.2, 0) is 16.1 Å². The number of hydrogen-bond donors (Lipinski definition) is 1. The van der Waals surface area contributed by atoms with Crippen molar-refractivity contribution >= 4 is 17.6 Å². The first-order valence-electron chi connectivity index (χ1n) is 9.10. The van der Waals surface area contributed by atoms with Gasteiger partial charge >= 0.3 is 18.2 Å². The molecule has 8 nitrogen and oxygen atoms in total. The Labute approximate surface area is 169 Å². The van der Waals surface area contributed by atoms with Crippen molar-refractivity contribution in [3.8, 4) is 11.8 Å². The van der Waals surface area contributed by atoms with Crippen LogP contribution in [0.25, 0.3) is 0 Å². The fraction of sp³-hybridized carbons (Fsp3) is 0.368. The highest BCUT2D eigenvalue weighted by Crippen LogP contribution is 2.43. The Balaban J connectivity index is 1.53. The Kier molecular flexibility index (Phi) is 4.64. The van der Waals surface area contributed by atoms with E-state index in [4.69, 9.17) is 9.47 Å². The summed E-state index contributed by atoms with van der Waals surface area (Å²) in [5, 5.41) is 2.62. The molecule has 2 aliphatic rings. The zero-order chi connectivity index (χ0) is 21.7. The maximum Gasteiger partial charge on any atom is 0.418 e. The number of rotatable bonds is 4. The van der Waals surface area contributed by atoms with Crippen LogP contribution >= 0.6 is 0 Å². The van der Waals surface area contributed by atoms with Gasteiger partial charge in [-0.15, -0.1) is 0 Å². The van der Waals surface area contributed by atoms with Crippen LogP contribution < -0.4 is 15.0 Å². The normalized spacial score (nSPS) is 23.5. The molecule has 2 aromatic rings. The van der Waals surface area contributed by atoms with Crippen molar-refractivity contribution in [1.29, 1.82) is 0 Å². The number of amides is 3. The number of anilines is 1. The number of carbonyl (C=O) groups is 2. The molecule has 0 aliphatic carbocycles. The van der Waals surface area contributed by atoms with Gasteiger partial charge in [-0.05, 0) is 36.6 Å². The van der Waals surface area contributed by atoms with Crippen LogP contribution in [0.3, 0.4) is 0 Å². The van der Waals surface area contributed by atoms with Crippen molar-refractivity contribution in [2.24, 2.45) is 0 Å². The molecule has 0 radical (unpaired) electrons. The summed E-state index contributed by atoms with van der Waals surface area (Å²) in [7, 11) is 0. The molecular formula is C19H17F3N4O4. The van der Waals surface area contributed by atoms with Crippen molar-refractivity contribution in [2.45, 2.75) is 44.7 Å². The van der Waals surface area contributed by atoms with Gasteiger partial charge in [-0.3, -0.25) is 4.79 Å². The average molecular weight is 422 g/mol. The lowest BCUT2D eigenvalue weighted by Gasteiger charge is -2.19. The minimum Gasteiger partial charge on any atom is -0.424 e. The predicted octanol–water partition coefficient (Wildman–Crippen LogP) is 3.63. The number of ether oxygens (including phenoxy) is 2. The third-order valence-corrected chi connectivity index (χ3v) is 5.15. The van der Waals surface area contributed by atoms with Crippen molar-refractivity contribution in [2.75, 3.05) is 4.90 Å². The van der Waals surface area contributed by atoms with Crippen LogP contribution in [0.1, 0.15) is 37.5 Å². The number of nitrogens with zero attached hydrogens (tertiary/aromatic N) is 3. The van der Waals surface area contributed by atoms with Gasteiger partial charge in [0.25, 0.3) is 5.91 Å². The van der Waals surface area contributed by atoms with Gasteiger partial charge in [0, 0.05) is 0 Å². The summed E-state index contributed by atoms with van der Waals surface area (Å²) in [4.78, 5) is 33.5. The summed E-state index contributed by atoms with van der Waals surface area (Å²) in [5.41, 5.74) is -0.442. The molecule has 3 heterocycles. The van der Waals surface area contributed by atoms with Gasteiger partial charge in [-0.25, -0.2) is 19.7 Å². The van der Waals surface area contributed by atoms with E-state index in [0.29, 0.717) is 12.0 Å². The molecule has 2 atom stereocenters. The first-order valence-corrected chi connectivity index (χ1v) is 9.10. The quantitative estimate of drug-likeness (QED) is 0.757. The number of aromatic nitrogens is 2. The molecule has 1 aromatic carbocycles. The Bertz CT molecular complexity index is 1010. The first kappa shape index (κ1) is 20.1. The van der Waals surface area contributed by atoms with E-state index >= 15 is 0 Å². The van der Waals surface area contributed by atoms with E-state index in [1.807, 2.05) is 0 Å². The molecule has 158 valence electrons. The molecule has 1 N–H and O–H groups in total. The fourth-order valence-corrected chi connectivity index (χ4v) is 3.29. The van der Waals surface area contributed by atoms with E-state index in [-0.39, 0.29) is 29.6 Å². The second kappa shape index (κ2) is 6.94. The summed E-state index contributed by atoms with van der Waals surface area (Å²) < 4.78 is 49.5. The number of benzene rings is 1. The summed E-state index contributed by atoms with van der Waals surface area (Å²) in [6, 6.07) is 3.48. The largest absolute Gasteiger partial charge is 0.424 e. The van der Waals surface area contributed by atoms with Crippen molar-refractivity contribution in [3.05, 3.63) is 41.7 Å². The number of halogens is 3. The zero-order valence-electron chi connectivity index (χ0n) is 16.0. The lowest BCUT2D eigenvalue weighted by Crippen LogP contribution is -2.43. The van der Waals surface area contributed by atoms with Crippen molar-refractivity contribution in [1.82, 2.24) is 15.3 Å². The number of hydrogen-bond acceptors (Lipinski definition) is 6. The van der Waals surface area contributed by atoms with Crippen LogP contribution in [0, 0.1) is 0 Å². The second-order valence-corrected chi connectivity index (χ2v) is 7.18. The summed E-state index contributed by atoms with van der Waals surface area (Å²) in [5.74, 6) is -0.320. The second-order valence-electron chi connectivity index (χ2n) is 7.18. The fourth-order valence-electron chi connectivity index (χ4n) is 3.29. The summed E-state index contributed by atoms with van der Waals surface area (Å²) in [6.07, 6.45) is -3.66. The molecule has 1 saturated heterocycles. The third-order valence-electron chi connectivity index (χ3n) is 5.15. The Morgan fingerprint density at radius 2 is 2.00 bits per heavy atom. The molecule has 0 saturated carbocycles. The molecule has 1 fully saturated rings. The minimum absolute atomic E-state index is 0.0187. The lowest BCUT2D eigenvalue weighted by atomic mass is 9.99. The standard InChI is InChI=1S/C19H17F3N4O4/c1-3-18(2)15(27)26(17(28)25-18)11-7-23-16(24-8-11)30-12-5-4-10-9-29-14(13(10)6-12)19(20,21)22/h4-8,14H,3,9H2,1-2H3,(H,25,28)/t14-,18+/m0/s1. The molecule has 11 heteroatoms. The van der Waals surface area contributed by atoms with Crippen LogP contribution in [0.15, 0.2) is 30.6 Å². The maximum absolute atomic E-state index is 13.1. The van der Waals surface area contributed by atoms with Gasteiger partial charge in [0.1, 0.15) is 11.3 Å². The van der Waals surface area contributed by atoms with E-state index in [0.717, 1.165) is 4.90 Å². The summed E-state index contributed by atoms with van der Waals surface area (Å²) >= 11 is 0. The van der Waals surface area contributed by atoms with Crippen molar-refractivity contribution < 1.29 is 32.2 Å². The lowest BCUT2D eigenvalue weighted by molar-refractivity contribution is -0.219. The number of alkyl halides is 3. The molecule has 4 rings (SSSR count). The monoisotopic (exact) mass is 422 g/mol. The first-order chi connectivity index (χ1) is 14.1. The number of urea groups is 1. The van der Waals surface area contributed by atoms with Crippen molar-refractivity contribution in [3.63, 3.8) is 0 Å². The van der Waals surface area contributed by atoms with Gasteiger partial charge in [-0.1, -0.05) is 13.0 Å². The molecule has 30 heavy (non-hydrogen) atoms. The van der Waals surface area contributed by atoms with Crippen LogP contribution in [0.5, 0.6) is 11.8 Å². The zero-order valence-corrected chi connectivity index (χ0v) is 16.0. The Hall–Kier alpha value is -3.21. The van der Waals surface area contributed by atoms with E-state index in [9.17, 15) is 22.8 Å². The Morgan fingerprint density at radius 3 is 2.60 bits per heavy atom. The highest BCUT2D eigenvalue weighted by Gasteiger charge is 2.48. The minimum atomic E-state index is -4.53. The highest BCUT2D eigenvalue weighted by atomic mass is 19.4. The summed E-state index contributed by atoms with van der Waals surface area (Å²) in [6.45, 7) is 3.27. The van der Waals surface area contributed by atoms with Crippen LogP contribution in [0.2, 0.25) is 0 Å². The highest BCUT2D eigenvalue weighted by molar-refractivity contribution is 6.23. The maximum atomic E-state index is 13.1. The molecule has 0 spiro atoms. The molecule has 0 bridgehead atoms. The van der Waals surface area contributed by atoms with E-state index < -0.39 is 29.8 Å². The molecule has 2 aliphatic heterocycles. The number of imide groups is 1. The number of fused-ring (bicyclic) bond motifs is 1. The topological polar surface area (TPSA) is 93.7 Å². The van der Waals surface area contributed by atoms with E-state index in [2.05, 4.69) is 15.3 Å². The van der Waals surface area contributed by atoms with Gasteiger partial charge in [0.05, 0.1) is 24.7 Å². The SMILES string of the molecule is CC[C@@]1(C)NC(=O)N(c2cnc(Oc3ccc4c(c3)[C@@H](C(F)(F)F)OC4)nc2)C1=O. The smallest absolute Gasteiger partial charge is 0.418 e. The number of nitrogens with one attached hydrogen (secondary N) is 1. The van der Waals surface area contributed by atoms with E-state index in [1.54, 1.807) is 13.8 Å². The third kappa shape index (κ3) is 3.34.